The summed E-state index contributed by atoms with van der Waals surface area (Å²) in [6, 6.07) is 20.2. The molecule has 1 heterocycles. The molecule has 11 heteroatoms. The number of nitrogens with one attached hydrogen (secondary N) is 1. The summed E-state index contributed by atoms with van der Waals surface area (Å²) in [5.41, 5.74) is 2.40. The van der Waals surface area contributed by atoms with Crippen molar-refractivity contribution in [3.63, 3.8) is 0 Å². The number of aromatic nitrogens is 2. The normalized spacial score (nSPS) is 11.3. The quantitative estimate of drug-likeness (QED) is 0.169. The summed E-state index contributed by atoms with van der Waals surface area (Å²) in [7, 11) is -3.88. The van der Waals surface area contributed by atoms with E-state index in [1.54, 1.807) is 84.6 Å². The van der Waals surface area contributed by atoms with E-state index in [0.29, 0.717) is 27.0 Å². The van der Waals surface area contributed by atoms with Crippen LogP contribution in [0, 0.1) is 6.92 Å². The largest absolute Gasteiger partial charge is 0.296 e. The number of benzene rings is 3. The maximum absolute atomic E-state index is 13.7. The molecule has 0 aliphatic heterocycles. The number of thioether (sulfide) groups is 1. The number of nitrogens with zero attached hydrogens (tertiary/aromatic N) is 3. The van der Waals surface area contributed by atoms with Gasteiger partial charge in [0.1, 0.15) is 0 Å². The first-order chi connectivity index (χ1) is 17.8. The van der Waals surface area contributed by atoms with Gasteiger partial charge in [0, 0.05) is 16.3 Å². The van der Waals surface area contributed by atoms with E-state index in [-0.39, 0.29) is 17.3 Å². The Morgan fingerprint density at radius 3 is 2.49 bits per heavy atom. The SMILES string of the molecule is CCCSc1nnc(NC(=O)c2ccc(CN(c3cc(Cl)ccc3C)S(=O)(=O)c3ccccc3)cc2)s1. The Hall–Kier alpha value is -2.92. The number of halogens is 1. The van der Waals surface area contributed by atoms with E-state index in [4.69, 9.17) is 11.6 Å². The molecule has 4 rings (SSSR count). The molecule has 1 N–H and O–H groups in total. The summed E-state index contributed by atoms with van der Waals surface area (Å²) < 4.78 is 29.5. The minimum Gasteiger partial charge on any atom is -0.296 e. The molecule has 0 spiro atoms. The van der Waals surface area contributed by atoms with Gasteiger partial charge in [-0.05, 0) is 60.9 Å². The number of anilines is 2. The number of rotatable bonds is 10. The van der Waals surface area contributed by atoms with Crippen LogP contribution in [0.5, 0.6) is 0 Å². The van der Waals surface area contributed by atoms with Crippen LogP contribution in [-0.2, 0) is 16.6 Å². The molecule has 0 atom stereocenters. The lowest BCUT2D eigenvalue weighted by Gasteiger charge is -2.26. The monoisotopic (exact) mass is 572 g/mol. The molecule has 1 amide bonds. The van der Waals surface area contributed by atoms with Crippen molar-refractivity contribution in [1.29, 1.82) is 0 Å². The van der Waals surface area contributed by atoms with Gasteiger partial charge in [-0.15, -0.1) is 10.2 Å². The van der Waals surface area contributed by atoms with Crippen LogP contribution >= 0.6 is 34.7 Å². The second kappa shape index (κ2) is 12.1. The molecule has 0 saturated carbocycles. The predicted molar refractivity (Wildman–Crippen MR) is 151 cm³/mol. The minimum absolute atomic E-state index is 0.0642. The number of aryl methyl sites for hydroxylation is 1. The van der Waals surface area contributed by atoms with Crippen LogP contribution in [0.15, 0.2) is 82.0 Å². The number of sulfonamides is 1. The van der Waals surface area contributed by atoms with Crippen molar-refractivity contribution in [2.24, 2.45) is 0 Å². The maximum atomic E-state index is 13.7. The lowest BCUT2D eigenvalue weighted by molar-refractivity contribution is 0.102. The van der Waals surface area contributed by atoms with Crippen molar-refractivity contribution >= 4 is 61.4 Å². The standard InChI is InChI=1S/C26H25ClN4O3S3/c1-3-15-35-26-30-29-25(36-26)28-24(32)20-12-10-19(11-13-20)17-31(23-16-21(27)14-9-18(23)2)37(33,34)22-7-5-4-6-8-22/h4-14,16H,3,15,17H2,1-2H3,(H,28,29,32). The van der Waals surface area contributed by atoms with E-state index in [9.17, 15) is 13.2 Å². The van der Waals surface area contributed by atoms with Crippen LogP contribution in [0.25, 0.3) is 0 Å². The van der Waals surface area contributed by atoms with Crippen LogP contribution in [0.2, 0.25) is 5.02 Å². The highest BCUT2D eigenvalue weighted by atomic mass is 35.5. The van der Waals surface area contributed by atoms with E-state index in [1.165, 1.54) is 15.6 Å². The van der Waals surface area contributed by atoms with E-state index in [1.807, 2.05) is 6.92 Å². The Labute approximate surface area is 229 Å². The third-order valence-electron chi connectivity index (χ3n) is 5.37. The average Bonchev–Trinajstić information content (AvgIpc) is 3.35. The zero-order valence-corrected chi connectivity index (χ0v) is 23.4. The zero-order valence-electron chi connectivity index (χ0n) is 20.2. The van der Waals surface area contributed by atoms with Crippen molar-refractivity contribution in [2.45, 2.75) is 36.0 Å². The molecule has 0 fully saturated rings. The van der Waals surface area contributed by atoms with Gasteiger partial charge in [-0.3, -0.25) is 14.4 Å². The summed E-state index contributed by atoms with van der Waals surface area (Å²) in [5, 5.41) is 11.8. The maximum Gasteiger partial charge on any atom is 0.264 e. The molecule has 0 unspecified atom stereocenters. The van der Waals surface area contributed by atoms with Crippen LogP contribution in [0.3, 0.4) is 0 Å². The molecular formula is C26H25ClN4O3S3. The molecule has 192 valence electrons. The van der Waals surface area contributed by atoms with E-state index < -0.39 is 10.0 Å². The Morgan fingerprint density at radius 1 is 1.05 bits per heavy atom. The highest BCUT2D eigenvalue weighted by molar-refractivity contribution is 8.01. The number of hydrogen-bond donors (Lipinski definition) is 1. The van der Waals surface area contributed by atoms with Crippen molar-refractivity contribution in [3.8, 4) is 0 Å². The van der Waals surface area contributed by atoms with Gasteiger partial charge in [0.25, 0.3) is 15.9 Å². The predicted octanol–water partition coefficient (Wildman–Crippen LogP) is 6.65. The van der Waals surface area contributed by atoms with Crippen LogP contribution in [-0.4, -0.2) is 30.3 Å². The summed E-state index contributed by atoms with van der Waals surface area (Å²) in [5.74, 6) is 0.629. The van der Waals surface area contributed by atoms with Gasteiger partial charge in [-0.2, -0.15) is 0 Å². The summed E-state index contributed by atoms with van der Waals surface area (Å²) in [4.78, 5) is 12.9. The number of amides is 1. The van der Waals surface area contributed by atoms with Gasteiger partial charge >= 0.3 is 0 Å². The fourth-order valence-electron chi connectivity index (χ4n) is 3.48. The smallest absolute Gasteiger partial charge is 0.264 e. The Balaban J connectivity index is 1.56. The number of hydrogen-bond acceptors (Lipinski definition) is 7. The Kier molecular flexibility index (Phi) is 8.86. The molecule has 0 aliphatic rings. The second-order valence-electron chi connectivity index (χ2n) is 8.13. The van der Waals surface area contributed by atoms with Crippen molar-refractivity contribution in [3.05, 3.63) is 94.5 Å². The number of carbonyl (C=O) groups excluding carboxylic acids is 1. The zero-order chi connectivity index (χ0) is 26.4. The third kappa shape index (κ3) is 6.70. The summed E-state index contributed by atoms with van der Waals surface area (Å²) in [6.45, 7) is 3.99. The van der Waals surface area contributed by atoms with Crippen LogP contribution in [0.4, 0.5) is 10.8 Å². The van der Waals surface area contributed by atoms with Crippen LogP contribution < -0.4 is 9.62 Å². The third-order valence-corrected chi connectivity index (χ3v) is 9.56. The van der Waals surface area contributed by atoms with Crippen molar-refractivity contribution in [1.82, 2.24) is 10.2 Å². The molecule has 0 bridgehead atoms. The summed E-state index contributed by atoms with van der Waals surface area (Å²) in [6.07, 6.45) is 1.03. The average molecular weight is 573 g/mol. The van der Waals surface area contributed by atoms with Crippen molar-refractivity contribution < 1.29 is 13.2 Å². The fourth-order valence-corrected chi connectivity index (χ4v) is 6.84. The second-order valence-corrected chi connectivity index (χ2v) is 12.7. The topological polar surface area (TPSA) is 92.3 Å². The first kappa shape index (κ1) is 27.1. The fraction of sp³-hybridized carbons (Fsp3) is 0.192. The Morgan fingerprint density at radius 2 is 1.78 bits per heavy atom. The molecule has 37 heavy (non-hydrogen) atoms. The lowest BCUT2D eigenvalue weighted by Crippen LogP contribution is -2.31. The molecule has 0 saturated heterocycles. The highest BCUT2D eigenvalue weighted by Gasteiger charge is 2.26. The van der Waals surface area contributed by atoms with E-state index >= 15 is 0 Å². The van der Waals surface area contributed by atoms with Gasteiger partial charge in [-0.25, -0.2) is 8.42 Å². The lowest BCUT2D eigenvalue weighted by atomic mass is 10.1. The van der Waals surface area contributed by atoms with Crippen LogP contribution in [0.1, 0.15) is 34.8 Å². The molecular weight excluding hydrogens is 548 g/mol. The van der Waals surface area contributed by atoms with Gasteiger partial charge in [0.05, 0.1) is 17.1 Å². The van der Waals surface area contributed by atoms with E-state index in [0.717, 1.165) is 22.1 Å². The first-order valence-corrected chi connectivity index (χ1v) is 15.1. The molecule has 3 aromatic carbocycles. The molecule has 4 aromatic rings. The molecule has 0 radical (unpaired) electrons. The van der Waals surface area contributed by atoms with Gasteiger partial charge in [0.2, 0.25) is 5.13 Å². The molecule has 7 nitrogen and oxygen atoms in total. The Bertz CT molecular complexity index is 1480. The first-order valence-electron chi connectivity index (χ1n) is 11.5. The number of carbonyl (C=O) groups is 1. The molecule has 1 aromatic heterocycles. The summed E-state index contributed by atoms with van der Waals surface area (Å²) >= 11 is 9.17. The van der Waals surface area contributed by atoms with Crippen molar-refractivity contribution in [2.75, 3.05) is 15.4 Å². The van der Waals surface area contributed by atoms with Gasteiger partial charge in [0.15, 0.2) is 4.34 Å². The highest BCUT2D eigenvalue weighted by Crippen LogP contribution is 2.31. The molecule has 0 aliphatic carbocycles. The van der Waals surface area contributed by atoms with Gasteiger partial charge in [-0.1, -0.05) is 78.0 Å². The van der Waals surface area contributed by atoms with Gasteiger partial charge < -0.3 is 0 Å². The van der Waals surface area contributed by atoms with E-state index in [2.05, 4.69) is 22.4 Å². The minimum atomic E-state index is -3.88.